The van der Waals surface area contributed by atoms with Gasteiger partial charge in [0.1, 0.15) is 17.6 Å². The minimum atomic E-state index is -0.640. The summed E-state index contributed by atoms with van der Waals surface area (Å²) in [5.41, 5.74) is 8.49. The van der Waals surface area contributed by atoms with Crippen molar-refractivity contribution >= 4 is 35.0 Å². The second-order valence-corrected chi connectivity index (χ2v) is 20.5. The minimum Gasteiger partial charge on any atom is -0.492 e. The molecule has 3 saturated heterocycles. The van der Waals surface area contributed by atoms with Crippen LogP contribution < -0.4 is 20.3 Å². The molecule has 0 radical (unpaired) electrons. The number of hydrogen-bond acceptors (Lipinski definition) is 13. The number of piperidine rings is 3. The lowest BCUT2D eigenvalue weighted by atomic mass is 9.73. The van der Waals surface area contributed by atoms with E-state index in [-0.39, 0.29) is 47.0 Å². The molecule has 0 saturated carbocycles. The number of nitrogens with one attached hydrogen (secondary N) is 2. The van der Waals surface area contributed by atoms with E-state index in [1.165, 1.54) is 10.4 Å². The zero-order valence-electron chi connectivity index (χ0n) is 39.7. The molecule has 2 aromatic carbocycles. The molecule has 0 bridgehead atoms. The Bertz CT molecular complexity index is 3010. The molecule has 9 heterocycles. The van der Waals surface area contributed by atoms with E-state index in [0.717, 1.165) is 115 Å². The molecule has 2 N–H and O–H groups in total. The van der Waals surface area contributed by atoms with Gasteiger partial charge in [0.2, 0.25) is 11.8 Å². The van der Waals surface area contributed by atoms with Crippen molar-refractivity contribution in [1.29, 1.82) is 0 Å². The van der Waals surface area contributed by atoms with Crippen LogP contribution in [0.2, 0.25) is 0 Å². The second-order valence-electron chi connectivity index (χ2n) is 20.5. The van der Waals surface area contributed by atoms with Gasteiger partial charge in [-0.15, -0.1) is 10.2 Å². The molecule has 5 aliphatic heterocycles. The van der Waals surface area contributed by atoms with Gasteiger partial charge in [-0.2, -0.15) is 9.90 Å². The molecule has 69 heavy (non-hydrogen) atoms. The zero-order valence-corrected chi connectivity index (χ0v) is 39.7. The summed E-state index contributed by atoms with van der Waals surface area (Å²) < 4.78 is 8.28. The normalized spacial score (nSPS) is 20.0. The van der Waals surface area contributed by atoms with Crippen LogP contribution in [0.4, 0.5) is 5.82 Å². The fourth-order valence-corrected chi connectivity index (χ4v) is 11.0. The molecule has 18 heteroatoms. The fraction of sp³-hybridized carbons (Fsp3) is 0.451. The molecule has 6 aromatic rings. The van der Waals surface area contributed by atoms with E-state index >= 15 is 0 Å². The van der Waals surface area contributed by atoms with Gasteiger partial charge in [-0.3, -0.25) is 24.5 Å². The molecule has 356 valence electrons. The highest BCUT2D eigenvalue weighted by atomic mass is 16.5. The number of benzene rings is 2. The summed E-state index contributed by atoms with van der Waals surface area (Å²) >= 11 is 0. The van der Waals surface area contributed by atoms with E-state index in [1.807, 2.05) is 75.8 Å². The van der Waals surface area contributed by atoms with Crippen LogP contribution in [0.5, 0.6) is 5.75 Å². The van der Waals surface area contributed by atoms with Crippen LogP contribution in [-0.2, 0) is 27.1 Å². The lowest BCUT2D eigenvalue weighted by Crippen LogP contribution is -2.52. The zero-order chi connectivity index (χ0) is 47.8. The number of likely N-dealkylation sites (tertiary alicyclic amines) is 1. The van der Waals surface area contributed by atoms with Crippen molar-refractivity contribution in [2.24, 2.45) is 5.92 Å². The number of amides is 4. The van der Waals surface area contributed by atoms with Crippen LogP contribution in [0.3, 0.4) is 0 Å². The third-order valence-electron chi connectivity index (χ3n) is 15.0. The molecule has 5 aliphatic rings. The number of nitrogens with zero attached hydrogens (tertiary/aromatic N) is 11. The van der Waals surface area contributed by atoms with Gasteiger partial charge >= 0.3 is 0 Å². The van der Waals surface area contributed by atoms with Crippen LogP contribution in [0.1, 0.15) is 115 Å². The van der Waals surface area contributed by atoms with Gasteiger partial charge < -0.3 is 24.8 Å². The number of aryl methyl sites for hydroxylation is 1. The molecule has 2 atom stereocenters. The standard InChI is InChI=1S/C51H57N13O5/c1-30-24-33(6-8-35(30)31(2)54-48(67)46-57-59-64(58-46)50(3,4)5)44-40-14-19-53-63(40)28-39(55-44)34-7-12-42(52-25-34)61-20-15-32(16-21-61)26-60-22-17-51(18-23-60)29-69-45-37-27-62(41-11-13-43(65)56-47(41)66)49(68)36(37)9-10-38(45)51/h6-10,12,14,19,24-25,28,31-32,41H,11,13,15-18,20-23,26-27,29H2,1-5H3,(H,54,67)(H,56,65,66)/t31-,41?/m1/s1. The Labute approximate surface area is 399 Å². The van der Waals surface area contributed by atoms with Crippen LogP contribution >= 0.6 is 0 Å². The Hall–Kier alpha value is -7.08. The highest BCUT2D eigenvalue weighted by Gasteiger charge is 2.48. The first kappa shape index (κ1) is 44.4. The van der Waals surface area contributed by atoms with Crippen LogP contribution in [-0.4, -0.2) is 119 Å². The number of ether oxygens (including phenoxy) is 1. The molecule has 0 aliphatic carbocycles. The highest BCUT2D eigenvalue weighted by molar-refractivity contribution is 6.06. The number of imide groups is 1. The molecule has 3 fully saturated rings. The lowest BCUT2D eigenvalue weighted by molar-refractivity contribution is -0.136. The lowest BCUT2D eigenvalue weighted by Gasteiger charge is -2.41. The summed E-state index contributed by atoms with van der Waals surface area (Å²) in [5.74, 6) is 1.19. The van der Waals surface area contributed by atoms with E-state index in [2.05, 4.69) is 65.2 Å². The Morgan fingerprint density at radius 1 is 0.986 bits per heavy atom. The summed E-state index contributed by atoms with van der Waals surface area (Å²) in [6.07, 6.45) is 10.4. The van der Waals surface area contributed by atoms with Crippen molar-refractivity contribution in [3.8, 4) is 28.3 Å². The SMILES string of the molecule is Cc1cc(-c2nc(-c3ccc(N4CCC(CN5CCC6(CC5)COc5c6ccc6c5CN(C5CCC(=O)NC5=O)C6=O)CC4)nc3)cn3nccc23)ccc1[C@@H](C)NC(=O)c1nnn(C(C)(C)C)n1. The smallest absolute Gasteiger partial charge is 0.293 e. The number of anilines is 1. The number of fused-ring (bicyclic) bond motifs is 5. The summed E-state index contributed by atoms with van der Waals surface area (Å²) in [7, 11) is 0. The summed E-state index contributed by atoms with van der Waals surface area (Å²) in [6, 6.07) is 15.4. The number of tetrazole rings is 1. The van der Waals surface area contributed by atoms with Crippen molar-refractivity contribution in [3.63, 3.8) is 0 Å². The Morgan fingerprint density at radius 2 is 1.78 bits per heavy atom. The van der Waals surface area contributed by atoms with E-state index < -0.39 is 11.9 Å². The van der Waals surface area contributed by atoms with Gasteiger partial charge in [-0.25, -0.2) is 14.5 Å². The summed E-state index contributed by atoms with van der Waals surface area (Å²) in [6.45, 7) is 15.7. The second kappa shape index (κ2) is 17.2. The van der Waals surface area contributed by atoms with Crippen molar-refractivity contribution in [1.82, 2.24) is 60.2 Å². The maximum atomic E-state index is 13.4. The number of carbonyl (C=O) groups excluding carboxylic acids is 4. The van der Waals surface area contributed by atoms with Gasteiger partial charge in [-0.05, 0) is 132 Å². The van der Waals surface area contributed by atoms with Crippen molar-refractivity contribution in [2.75, 3.05) is 44.2 Å². The number of pyridine rings is 1. The first-order valence-corrected chi connectivity index (χ1v) is 24.2. The van der Waals surface area contributed by atoms with Crippen molar-refractivity contribution in [3.05, 3.63) is 101 Å². The molecule has 11 rings (SSSR count). The van der Waals surface area contributed by atoms with Crippen LogP contribution in [0.25, 0.3) is 28.0 Å². The van der Waals surface area contributed by atoms with Gasteiger partial charge in [0.15, 0.2) is 0 Å². The fourth-order valence-electron chi connectivity index (χ4n) is 11.0. The quantitative estimate of drug-likeness (QED) is 0.175. The predicted molar refractivity (Wildman–Crippen MR) is 255 cm³/mol. The molecule has 4 aromatic heterocycles. The largest absolute Gasteiger partial charge is 0.492 e. The first-order valence-electron chi connectivity index (χ1n) is 24.2. The third kappa shape index (κ3) is 8.17. The van der Waals surface area contributed by atoms with Crippen molar-refractivity contribution < 1.29 is 23.9 Å². The Morgan fingerprint density at radius 3 is 2.51 bits per heavy atom. The monoisotopic (exact) mass is 931 g/mol. The number of carbonyl (C=O) groups is 4. The van der Waals surface area contributed by atoms with E-state index in [0.29, 0.717) is 31.1 Å². The molecule has 4 amide bonds. The number of rotatable bonds is 9. The van der Waals surface area contributed by atoms with Crippen LogP contribution in [0, 0.1) is 12.8 Å². The molecular weight excluding hydrogens is 875 g/mol. The predicted octanol–water partition coefficient (Wildman–Crippen LogP) is 5.40. The Balaban J connectivity index is 0.695. The molecule has 1 spiro atoms. The average molecular weight is 932 g/mol. The number of aromatic nitrogens is 8. The third-order valence-corrected chi connectivity index (χ3v) is 15.0. The van der Waals surface area contributed by atoms with Crippen molar-refractivity contribution in [2.45, 2.75) is 103 Å². The number of hydrogen-bond donors (Lipinski definition) is 2. The van der Waals surface area contributed by atoms with Gasteiger partial charge in [0.05, 0.1) is 54.0 Å². The van der Waals surface area contributed by atoms with E-state index in [4.69, 9.17) is 14.7 Å². The minimum absolute atomic E-state index is 0.0324. The van der Waals surface area contributed by atoms with E-state index in [9.17, 15) is 19.2 Å². The van der Waals surface area contributed by atoms with Gasteiger partial charge in [0, 0.05) is 65.5 Å². The summed E-state index contributed by atoms with van der Waals surface area (Å²) in [4.78, 5) is 69.0. The van der Waals surface area contributed by atoms with Crippen LogP contribution in [0.15, 0.2) is 67.1 Å². The molecule has 1 unspecified atom stereocenters. The van der Waals surface area contributed by atoms with Gasteiger partial charge in [0.25, 0.3) is 17.6 Å². The Kier molecular flexibility index (Phi) is 11.0. The summed E-state index contributed by atoms with van der Waals surface area (Å²) in [5, 5.41) is 22.3. The van der Waals surface area contributed by atoms with Gasteiger partial charge in [-0.1, -0.05) is 18.2 Å². The molecular formula is C51H57N13O5. The first-order chi connectivity index (χ1) is 33.2. The maximum Gasteiger partial charge on any atom is 0.293 e. The topological polar surface area (TPSA) is 198 Å². The maximum absolute atomic E-state index is 13.4. The highest BCUT2D eigenvalue weighted by Crippen LogP contribution is 2.50. The average Bonchev–Trinajstić information content (AvgIpc) is 4.16. The van der Waals surface area contributed by atoms with E-state index in [1.54, 1.807) is 11.1 Å². The molecule has 18 nitrogen and oxygen atoms in total.